The summed E-state index contributed by atoms with van der Waals surface area (Å²) in [7, 11) is 0. The van der Waals surface area contributed by atoms with Crippen molar-refractivity contribution in [3.8, 4) is 11.4 Å². The molecule has 0 saturated carbocycles. The number of hydrogen-bond acceptors (Lipinski definition) is 4. The maximum absolute atomic E-state index is 5.40. The third kappa shape index (κ3) is 0.621. The Morgan fingerprint density at radius 2 is 2.30 bits per heavy atom. The van der Waals surface area contributed by atoms with Crippen molar-refractivity contribution in [1.29, 1.82) is 0 Å². The van der Waals surface area contributed by atoms with Crippen LogP contribution in [0.4, 0.5) is 5.82 Å². The van der Waals surface area contributed by atoms with E-state index in [4.69, 9.17) is 10.2 Å². The Kier molecular flexibility index (Phi) is 0.887. The molecule has 2 heterocycles. The minimum absolute atomic E-state index is 0.476. The number of hydrogen-bond donors (Lipinski definition) is 1. The number of fused-ring (bicyclic) bond motifs is 1. The number of aromatic nitrogens is 2. The van der Waals surface area contributed by atoms with E-state index < -0.39 is 0 Å². The van der Waals surface area contributed by atoms with Crippen molar-refractivity contribution in [2.75, 3.05) is 5.73 Å². The highest BCUT2D eigenvalue weighted by molar-refractivity contribution is 5.61. The smallest absolute Gasteiger partial charge is 0.181 e. The van der Waals surface area contributed by atoms with Gasteiger partial charge in [0.05, 0.1) is 5.69 Å². The number of nitrogen functional groups attached to an aromatic ring is 1. The van der Waals surface area contributed by atoms with Crippen molar-refractivity contribution in [1.82, 2.24) is 9.97 Å². The van der Waals surface area contributed by atoms with E-state index in [0.29, 0.717) is 11.5 Å². The predicted molar refractivity (Wildman–Crippen MR) is 35.3 cm³/mol. The van der Waals surface area contributed by atoms with Gasteiger partial charge in [-0.1, -0.05) is 0 Å². The summed E-state index contributed by atoms with van der Waals surface area (Å²) in [4.78, 5) is 7.83. The first-order chi connectivity index (χ1) is 4.86. The molecule has 0 aromatic rings. The largest absolute Gasteiger partial charge is 0.451 e. The van der Waals surface area contributed by atoms with Crippen LogP contribution in [0.3, 0.4) is 0 Å². The van der Waals surface area contributed by atoms with Crippen LogP contribution in [-0.4, -0.2) is 9.97 Å². The molecular weight excluding hydrogens is 130 g/mol. The number of rotatable bonds is 0. The molecule has 0 aromatic carbocycles. The van der Waals surface area contributed by atoms with Crippen LogP contribution in [0, 0.1) is 0 Å². The van der Waals surface area contributed by atoms with Crippen LogP contribution in [0.5, 0.6) is 0 Å². The van der Waals surface area contributed by atoms with Crippen molar-refractivity contribution in [2.24, 2.45) is 0 Å². The summed E-state index contributed by atoms with van der Waals surface area (Å²) in [5.41, 5.74) is 6.86. The molecule has 0 amide bonds. The third-order valence-corrected chi connectivity index (χ3v) is 1.23. The van der Waals surface area contributed by atoms with E-state index in [1.54, 1.807) is 6.07 Å². The van der Waals surface area contributed by atoms with Crippen molar-refractivity contribution in [3.05, 3.63) is 18.7 Å². The molecule has 0 radical (unpaired) electrons. The van der Waals surface area contributed by atoms with Gasteiger partial charge in [-0.05, 0) is 0 Å². The van der Waals surface area contributed by atoms with E-state index >= 15 is 0 Å². The molecule has 4 nitrogen and oxygen atoms in total. The summed E-state index contributed by atoms with van der Waals surface area (Å²) in [6.45, 7) is 0. The quantitative estimate of drug-likeness (QED) is 0.579. The average Bonchev–Trinajstić information content (AvgIpc) is 2.27. The van der Waals surface area contributed by atoms with E-state index in [9.17, 15) is 0 Å². The first-order valence-corrected chi connectivity index (χ1v) is 2.81. The highest BCUT2D eigenvalue weighted by atomic mass is 16.3. The molecule has 2 aliphatic heterocycles. The summed E-state index contributed by atoms with van der Waals surface area (Å²) in [6, 6.07) is 1.70. The summed E-state index contributed by atoms with van der Waals surface area (Å²) in [6.07, 6.45) is 2.86. The Bertz CT molecular complexity index is 287. The molecule has 0 spiro atoms. The van der Waals surface area contributed by atoms with Gasteiger partial charge in [0, 0.05) is 6.07 Å². The fourth-order valence-corrected chi connectivity index (χ4v) is 0.815. The Hall–Kier alpha value is -1.58. The maximum atomic E-state index is 5.40. The monoisotopic (exact) mass is 135 g/mol. The fourth-order valence-electron chi connectivity index (χ4n) is 0.815. The van der Waals surface area contributed by atoms with Gasteiger partial charge in [0.2, 0.25) is 0 Å². The van der Waals surface area contributed by atoms with Crippen LogP contribution in [0.2, 0.25) is 0 Å². The topological polar surface area (TPSA) is 64.9 Å². The van der Waals surface area contributed by atoms with Crippen LogP contribution in [0.15, 0.2) is 23.1 Å². The lowest BCUT2D eigenvalue weighted by Gasteiger charge is -1.88. The minimum atomic E-state index is 0.476. The van der Waals surface area contributed by atoms with Gasteiger partial charge in [-0.3, -0.25) is 0 Å². The molecule has 0 aromatic heterocycles. The van der Waals surface area contributed by atoms with Crippen molar-refractivity contribution >= 4 is 5.82 Å². The van der Waals surface area contributed by atoms with Gasteiger partial charge in [-0.15, -0.1) is 0 Å². The lowest BCUT2D eigenvalue weighted by Crippen LogP contribution is -1.81. The van der Waals surface area contributed by atoms with Gasteiger partial charge in [-0.2, -0.15) is 0 Å². The molecule has 0 bridgehead atoms. The molecule has 0 aliphatic carbocycles. The van der Waals surface area contributed by atoms with Gasteiger partial charge in [0.1, 0.15) is 17.8 Å². The zero-order valence-corrected chi connectivity index (χ0v) is 5.11. The first-order valence-electron chi connectivity index (χ1n) is 2.81. The Balaban J connectivity index is 2.76. The van der Waals surface area contributed by atoms with E-state index in [1.807, 2.05) is 0 Å². The summed E-state index contributed by atoms with van der Waals surface area (Å²) in [5, 5.41) is 0. The fraction of sp³-hybridized carbons (Fsp3) is 0. The Morgan fingerprint density at radius 3 is 3.10 bits per heavy atom. The molecule has 2 aliphatic rings. The lowest BCUT2D eigenvalue weighted by molar-refractivity contribution is 0.528. The minimum Gasteiger partial charge on any atom is -0.451 e. The molecule has 0 fully saturated rings. The van der Waals surface area contributed by atoms with Gasteiger partial charge >= 0.3 is 0 Å². The van der Waals surface area contributed by atoms with E-state index in [-0.39, 0.29) is 0 Å². The van der Waals surface area contributed by atoms with Crippen LogP contribution in [0.25, 0.3) is 11.4 Å². The Morgan fingerprint density at radius 1 is 1.40 bits per heavy atom. The normalized spacial score (nSPS) is 10.4. The second-order valence-electron chi connectivity index (χ2n) is 1.94. The first kappa shape index (κ1) is 5.22. The number of nitrogens with two attached hydrogens (primary N) is 1. The Labute approximate surface area is 57.0 Å². The average molecular weight is 135 g/mol. The summed E-state index contributed by atoms with van der Waals surface area (Å²) < 4.78 is 4.77. The van der Waals surface area contributed by atoms with Gasteiger partial charge in [-0.25, -0.2) is 9.97 Å². The number of nitrogens with zero attached hydrogens (tertiary/aromatic N) is 2. The molecule has 2 N–H and O–H groups in total. The molecule has 0 saturated heterocycles. The standard InChI is InChI=1S/C6H5N3O/c7-6-1-4-5(9-6)2-10-3-8-4/h1-3H,(H2,7,9). The van der Waals surface area contributed by atoms with Gasteiger partial charge in [0.15, 0.2) is 6.39 Å². The van der Waals surface area contributed by atoms with Gasteiger partial charge < -0.3 is 10.2 Å². The molecule has 4 heteroatoms. The SMILES string of the molecule is Nc1cc2ncocc-2n1. The molecule has 10 heavy (non-hydrogen) atoms. The molecule has 50 valence electrons. The second-order valence-corrected chi connectivity index (χ2v) is 1.94. The molecular formula is C6H5N3O. The van der Waals surface area contributed by atoms with E-state index in [0.717, 1.165) is 5.69 Å². The molecule has 0 unspecified atom stereocenters. The predicted octanol–water partition coefficient (Wildman–Crippen LogP) is 0.757. The summed E-state index contributed by atoms with van der Waals surface area (Å²) in [5.74, 6) is 0.476. The second kappa shape index (κ2) is 1.70. The zero-order chi connectivity index (χ0) is 6.97. The van der Waals surface area contributed by atoms with Crippen LogP contribution < -0.4 is 5.73 Å². The molecule has 0 atom stereocenters. The van der Waals surface area contributed by atoms with E-state index in [1.165, 1.54) is 12.7 Å². The lowest BCUT2D eigenvalue weighted by atomic mass is 10.4. The van der Waals surface area contributed by atoms with Crippen LogP contribution in [0.1, 0.15) is 0 Å². The van der Waals surface area contributed by atoms with E-state index in [2.05, 4.69) is 9.97 Å². The van der Waals surface area contributed by atoms with Crippen LogP contribution >= 0.6 is 0 Å². The summed E-state index contributed by atoms with van der Waals surface area (Å²) >= 11 is 0. The van der Waals surface area contributed by atoms with Crippen LogP contribution in [-0.2, 0) is 0 Å². The third-order valence-electron chi connectivity index (χ3n) is 1.23. The van der Waals surface area contributed by atoms with Crippen molar-refractivity contribution < 1.29 is 4.42 Å². The van der Waals surface area contributed by atoms with Crippen molar-refractivity contribution in [3.63, 3.8) is 0 Å². The molecule has 2 rings (SSSR count). The zero-order valence-electron chi connectivity index (χ0n) is 5.11. The highest BCUT2D eigenvalue weighted by Gasteiger charge is 2.06. The number of anilines is 1. The van der Waals surface area contributed by atoms with Crippen molar-refractivity contribution in [2.45, 2.75) is 0 Å². The highest BCUT2D eigenvalue weighted by Crippen LogP contribution is 2.19. The maximum Gasteiger partial charge on any atom is 0.181 e. The van der Waals surface area contributed by atoms with Gasteiger partial charge in [0.25, 0.3) is 0 Å².